The number of benzene rings is 4. The first-order chi connectivity index (χ1) is 38.8. The Bertz CT molecular complexity index is 4330. The summed E-state index contributed by atoms with van der Waals surface area (Å²) in [5.41, 5.74) is 5.95. The van der Waals surface area contributed by atoms with Crippen LogP contribution in [0.2, 0.25) is 0 Å². The van der Waals surface area contributed by atoms with Crippen molar-refractivity contribution in [2.45, 2.75) is 85.6 Å². The van der Waals surface area contributed by atoms with E-state index < -0.39 is 32.0 Å². The molecule has 23 heteroatoms. The van der Waals surface area contributed by atoms with Crippen LogP contribution in [-0.2, 0) is 46.4 Å². The van der Waals surface area contributed by atoms with Crippen LogP contribution in [0.1, 0.15) is 57.1 Å². The van der Waals surface area contributed by atoms with Gasteiger partial charge in [-0.25, -0.2) is 0 Å². The molecule has 0 saturated carbocycles. The van der Waals surface area contributed by atoms with Crippen molar-refractivity contribution < 1.29 is 39.8 Å². The first-order valence-electron chi connectivity index (χ1n) is 26.2. The van der Waals surface area contributed by atoms with Gasteiger partial charge in [0.05, 0.1) is 43.6 Å². The summed E-state index contributed by atoms with van der Waals surface area (Å²) in [6.07, 6.45) is 11.2. The van der Waals surface area contributed by atoms with Crippen molar-refractivity contribution in [2.24, 2.45) is 0 Å². The Morgan fingerprint density at radius 3 is 1.79 bits per heavy atom. The summed E-state index contributed by atoms with van der Waals surface area (Å²) in [4.78, 5) is 31.9. The predicted octanol–water partition coefficient (Wildman–Crippen LogP) is 8.43. The van der Waals surface area contributed by atoms with E-state index in [0.717, 1.165) is 75.4 Å². The van der Waals surface area contributed by atoms with E-state index in [2.05, 4.69) is 71.5 Å². The molecule has 10 rings (SSSR count). The number of nitrogens with zero attached hydrogens (tertiary/aromatic N) is 6. The molecule has 8 aromatic rings. The van der Waals surface area contributed by atoms with Crippen LogP contribution in [0.25, 0.3) is 56.2 Å². The highest BCUT2D eigenvalue weighted by atomic mass is 32.2. The molecule has 1 saturated heterocycles. The van der Waals surface area contributed by atoms with Gasteiger partial charge in [-0.3, -0.25) is 27.8 Å². The van der Waals surface area contributed by atoms with Crippen molar-refractivity contribution in [3.05, 3.63) is 174 Å². The fourth-order valence-corrected chi connectivity index (χ4v) is 18.0. The lowest BCUT2D eigenvalue weighted by Crippen LogP contribution is -2.36. The van der Waals surface area contributed by atoms with Crippen LogP contribution in [-0.4, -0.2) is 70.1 Å². The number of hydrogen-bond acceptors (Lipinski definition) is 15. The molecule has 15 nitrogen and oxygen atoms in total. The highest BCUT2D eigenvalue weighted by Gasteiger charge is 2.31. The minimum absolute atomic E-state index is 0.0199. The summed E-state index contributed by atoms with van der Waals surface area (Å²) in [6.45, 7) is 17.0. The SMILES string of the molecule is CCOc1cc2c(cc1C)S/C(=C/C=c1\sc(=Cc3sc(-c4ccccc4)c(-c4ccccc4)[n+]3CC)n(CC)c1=O)N2CS(=O)(=O)O.CCn1c(=Cc2sc3ccccc3[n+]2CC)s/c(=C\C=C2\SCC(C)N2CS(=O)(=O)O)c1=O. The normalized spacial score (nSPS) is 16.6. The molecular weight excluding hydrogens is 1180 g/mol. The number of rotatable bonds is 16. The van der Waals surface area contributed by atoms with E-state index in [9.17, 15) is 35.5 Å². The molecule has 1 fully saturated rings. The predicted molar refractivity (Wildman–Crippen MR) is 335 cm³/mol. The van der Waals surface area contributed by atoms with Gasteiger partial charge in [-0.2, -0.15) is 26.0 Å². The summed E-state index contributed by atoms with van der Waals surface area (Å²) in [5.74, 6) is 0.301. The first-order valence-corrected chi connectivity index (χ1v) is 34.5. The number of fused-ring (bicyclic) bond motifs is 2. The van der Waals surface area contributed by atoms with Gasteiger partial charge in [0.2, 0.25) is 11.2 Å². The smallest absolute Gasteiger partial charge is 0.283 e. The number of thiazole rings is 4. The number of allylic oxidation sites excluding steroid dienone is 2. The molecule has 1 atom stereocenters. The maximum Gasteiger partial charge on any atom is 0.283 e. The number of para-hydroxylation sites is 1. The van der Waals surface area contributed by atoms with Crippen LogP contribution in [0.5, 0.6) is 5.75 Å². The van der Waals surface area contributed by atoms with Crippen molar-refractivity contribution in [1.29, 1.82) is 0 Å². The lowest BCUT2D eigenvalue weighted by molar-refractivity contribution is -0.679. The number of thioether (sulfide) groups is 2. The molecule has 2 N–H and O–H groups in total. The van der Waals surface area contributed by atoms with Crippen LogP contribution in [0.4, 0.5) is 5.69 Å². The highest BCUT2D eigenvalue weighted by Crippen LogP contribution is 2.48. The zero-order chi connectivity index (χ0) is 57.8. The van der Waals surface area contributed by atoms with Crippen LogP contribution in [0.3, 0.4) is 0 Å². The molecule has 2 aliphatic heterocycles. The minimum atomic E-state index is -4.35. The Balaban J connectivity index is 0.000000210. The van der Waals surface area contributed by atoms with E-state index in [-0.39, 0.29) is 17.2 Å². The molecule has 0 radical (unpaired) electrons. The third kappa shape index (κ3) is 13.5. The maximum atomic E-state index is 13.7. The fraction of sp³-hybridized carbons (Fsp3) is 0.276. The van der Waals surface area contributed by atoms with Crippen LogP contribution < -0.4 is 48.3 Å². The Kier molecular flexibility index (Phi) is 19.0. The van der Waals surface area contributed by atoms with Crippen molar-refractivity contribution >= 4 is 129 Å². The van der Waals surface area contributed by atoms with Gasteiger partial charge in [0, 0.05) is 47.5 Å². The molecule has 4 aromatic carbocycles. The van der Waals surface area contributed by atoms with Gasteiger partial charge in [-0.15, -0.1) is 34.4 Å². The lowest BCUT2D eigenvalue weighted by atomic mass is 10.1. The second kappa shape index (κ2) is 25.7. The van der Waals surface area contributed by atoms with Crippen LogP contribution in [0.15, 0.2) is 134 Å². The Morgan fingerprint density at radius 2 is 1.22 bits per heavy atom. The highest BCUT2D eigenvalue weighted by molar-refractivity contribution is 8.04. The van der Waals surface area contributed by atoms with E-state index in [0.29, 0.717) is 45.2 Å². The van der Waals surface area contributed by atoms with Crippen molar-refractivity contribution in [3.63, 3.8) is 0 Å². The number of anilines is 1. The molecular formula is C58H62N6O9S8+2. The van der Waals surface area contributed by atoms with Crippen molar-refractivity contribution in [3.8, 4) is 27.4 Å². The molecule has 0 bridgehead atoms. The second-order valence-corrected chi connectivity index (χ2v) is 27.9. The van der Waals surface area contributed by atoms with Gasteiger partial charge < -0.3 is 14.5 Å². The standard InChI is InChI=1S/C36H35N3O5S4.C22H25N3O4S4/c1-5-37-32(47-35(26-16-12-9-13-17-26)34(37)25-14-10-8-11-15-25)22-33-38(6-2)36(40)29(45-33)18-19-31-39(23-48(41,42)43)27-21-28(44-7-3)24(4)20-30(27)46-31;1-4-23-16-8-6-7-9-17(16)31-20(23)12-21-24(5-2)22(26)18(32-21)10-11-19-25(14-33(27,28)29)15(3)13-30-19/h8-22H,5-7,23H2,1-4H3;6-12,15H,4-5,13-14H2,1-3H3/p+2/b29-18-,31-19+;18-10-,19-11+. The third-order valence-corrected chi connectivity index (χ3v) is 21.3. The molecule has 6 heterocycles. The molecule has 0 amide bonds. The number of aromatic nitrogens is 4. The van der Waals surface area contributed by atoms with Crippen molar-refractivity contribution in [2.75, 3.05) is 29.0 Å². The molecule has 1 unspecified atom stereocenters. The van der Waals surface area contributed by atoms with E-state index in [1.54, 1.807) is 72.0 Å². The summed E-state index contributed by atoms with van der Waals surface area (Å²) in [6, 6.07) is 32.7. The molecule has 2 aliphatic rings. The summed E-state index contributed by atoms with van der Waals surface area (Å²) in [7, 11) is -8.49. The average molecular weight is 1240 g/mol. The third-order valence-electron chi connectivity index (χ3n) is 13.3. The minimum Gasteiger partial charge on any atom is -0.494 e. The zero-order valence-electron chi connectivity index (χ0n) is 45.6. The zero-order valence-corrected chi connectivity index (χ0v) is 52.2. The Labute approximate surface area is 495 Å². The topological polar surface area (TPSA) is 176 Å². The monoisotopic (exact) mass is 1240 g/mol. The van der Waals surface area contributed by atoms with Gasteiger partial charge >= 0.3 is 0 Å². The maximum absolute atomic E-state index is 13.7. The first kappa shape index (κ1) is 59.8. The average Bonchev–Trinajstić information content (AvgIpc) is 4.30. The van der Waals surface area contributed by atoms with Gasteiger partial charge in [-0.1, -0.05) is 95.1 Å². The van der Waals surface area contributed by atoms with Gasteiger partial charge in [0.25, 0.3) is 41.4 Å². The molecule has 4 aromatic heterocycles. The van der Waals surface area contributed by atoms with E-state index in [1.165, 1.54) is 56.4 Å². The largest absolute Gasteiger partial charge is 0.494 e. The van der Waals surface area contributed by atoms with Crippen LogP contribution in [0, 0.1) is 6.92 Å². The summed E-state index contributed by atoms with van der Waals surface area (Å²) >= 11 is 9.13. The Hall–Kier alpha value is -5.86. The van der Waals surface area contributed by atoms with Crippen LogP contribution >= 0.6 is 68.9 Å². The molecule has 424 valence electrons. The molecule has 81 heavy (non-hydrogen) atoms. The van der Waals surface area contributed by atoms with E-state index >= 15 is 0 Å². The van der Waals surface area contributed by atoms with Crippen molar-refractivity contribution in [1.82, 2.24) is 14.0 Å². The summed E-state index contributed by atoms with van der Waals surface area (Å²) in [5, 5.41) is 3.44. The summed E-state index contributed by atoms with van der Waals surface area (Å²) < 4.78 is 83.8. The quantitative estimate of drug-likeness (QED) is 0.0697. The van der Waals surface area contributed by atoms with Gasteiger partial charge in [-0.05, 0) is 108 Å². The van der Waals surface area contributed by atoms with E-state index in [1.807, 2.05) is 89.2 Å². The molecule has 0 spiro atoms. The fourth-order valence-electron chi connectivity index (χ4n) is 9.50. The van der Waals surface area contributed by atoms with Gasteiger partial charge in [0.1, 0.15) is 43.6 Å². The second-order valence-electron chi connectivity index (χ2n) is 18.7. The Morgan fingerprint density at radius 1 is 0.667 bits per heavy atom. The van der Waals surface area contributed by atoms with E-state index in [4.69, 9.17) is 4.74 Å². The van der Waals surface area contributed by atoms with Gasteiger partial charge in [0.15, 0.2) is 5.88 Å². The molecule has 0 aliphatic carbocycles. The number of ether oxygens (including phenoxy) is 1. The number of hydrogen-bond donors (Lipinski definition) is 2. The lowest BCUT2D eigenvalue weighted by Gasteiger charge is -2.21. The number of aryl methyl sites for hydroxylation is 2.